The number of piperazine rings is 1. The maximum atomic E-state index is 12.6. The molecule has 2 saturated heterocycles. The summed E-state index contributed by atoms with van der Waals surface area (Å²) in [6.07, 6.45) is 5.43. The molecule has 0 spiro atoms. The van der Waals surface area contributed by atoms with Gasteiger partial charge in [0.05, 0.1) is 25.7 Å². The Bertz CT molecular complexity index is 684. The average molecular weight is 383 g/mol. The predicted octanol–water partition coefficient (Wildman–Crippen LogP) is 0.500. The second-order valence-corrected chi connectivity index (χ2v) is 8.37. The molecule has 3 heterocycles. The van der Waals surface area contributed by atoms with E-state index < -0.39 is 10.0 Å². The third-order valence-electron chi connectivity index (χ3n) is 4.65. The highest BCUT2D eigenvalue weighted by molar-refractivity contribution is 7.89. The smallest absolute Gasteiger partial charge is 0.244 e. The van der Waals surface area contributed by atoms with Crippen LogP contribution in [0.15, 0.2) is 29.4 Å². The van der Waals surface area contributed by atoms with Crippen molar-refractivity contribution in [3.63, 3.8) is 0 Å². The highest BCUT2D eigenvalue weighted by atomic mass is 32.2. The minimum atomic E-state index is -3.55. The molecule has 0 aromatic carbocycles. The van der Waals surface area contributed by atoms with Crippen LogP contribution in [0.3, 0.4) is 0 Å². The van der Waals surface area contributed by atoms with Gasteiger partial charge in [-0.25, -0.2) is 8.42 Å². The Kier molecular flexibility index (Phi) is 6.58. The van der Waals surface area contributed by atoms with E-state index in [2.05, 4.69) is 4.98 Å². The number of carbonyl (C=O) groups is 1. The van der Waals surface area contributed by atoms with E-state index in [1.54, 1.807) is 11.0 Å². The van der Waals surface area contributed by atoms with E-state index in [9.17, 15) is 13.2 Å². The Morgan fingerprint density at radius 3 is 2.77 bits per heavy atom. The van der Waals surface area contributed by atoms with Crippen LogP contribution in [0.4, 0.5) is 0 Å². The molecule has 2 aliphatic heterocycles. The van der Waals surface area contributed by atoms with Gasteiger partial charge < -0.3 is 14.4 Å². The summed E-state index contributed by atoms with van der Waals surface area (Å²) in [5.74, 6) is -0.00392. The van der Waals surface area contributed by atoms with E-state index in [1.807, 2.05) is 0 Å². The molecular weight excluding hydrogens is 358 g/mol. The Morgan fingerprint density at radius 2 is 2.12 bits per heavy atom. The standard InChI is InChI=1S/C17H25N3O5S/c21-17(5-12-24-14-15-3-2-11-25-15)19-7-9-20(10-8-19)26(22,23)16-4-1-6-18-13-16/h1,4,6,13,15H,2-3,5,7-12,14H2. The van der Waals surface area contributed by atoms with Gasteiger partial charge in [-0.2, -0.15) is 4.31 Å². The van der Waals surface area contributed by atoms with Crippen LogP contribution in [0.2, 0.25) is 0 Å². The van der Waals surface area contributed by atoms with Crippen molar-refractivity contribution in [2.45, 2.75) is 30.3 Å². The monoisotopic (exact) mass is 383 g/mol. The van der Waals surface area contributed by atoms with Crippen molar-refractivity contribution in [1.82, 2.24) is 14.2 Å². The number of hydrogen-bond donors (Lipinski definition) is 0. The first kappa shape index (κ1) is 19.2. The fourth-order valence-corrected chi connectivity index (χ4v) is 4.52. The normalized spacial score (nSPS) is 21.8. The van der Waals surface area contributed by atoms with E-state index in [-0.39, 0.29) is 16.9 Å². The Morgan fingerprint density at radius 1 is 1.31 bits per heavy atom. The van der Waals surface area contributed by atoms with Gasteiger partial charge in [-0.05, 0) is 25.0 Å². The van der Waals surface area contributed by atoms with E-state index in [1.165, 1.54) is 22.8 Å². The zero-order valence-corrected chi connectivity index (χ0v) is 15.6. The molecule has 3 rings (SSSR count). The van der Waals surface area contributed by atoms with Crippen LogP contribution in [0.25, 0.3) is 0 Å². The molecule has 0 aliphatic carbocycles. The highest BCUT2D eigenvalue weighted by Gasteiger charge is 2.30. The van der Waals surface area contributed by atoms with Crippen LogP contribution in [0.5, 0.6) is 0 Å². The number of carbonyl (C=O) groups excluding carboxylic acids is 1. The van der Waals surface area contributed by atoms with Crippen molar-refractivity contribution in [2.75, 3.05) is 46.0 Å². The largest absolute Gasteiger partial charge is 0.378 e. The van der Waals surface area contributed by atoms with Crippen LogP contribution >= 0.6 is 0 Å². The Labute approximate surface area is 154 Å². The summed E-state index contributed by atoms with van der Waals surface area (Å²) >= 11 is 0. The van der Waals surface area contributed by atoms with Crippen LogP contribution in [0.1, 0.15) is 19.3 Å². The molecule has 0 radical (unpaired) electrons. The van der Waals surface area contributed by atoms with Gasteiger partial charge in [-0.1, -0.05) is 0 Å². The lowest BCUT2D eigenvalue weighted by molar-refractivity contribution is -0.133. The van der Waals surface area contributed by atoms with E-state index in [0.29, 0.717) is 45.8 Å². The maximum absolute atomic E-state index is 12.6. The SMILES string of the molecule is O=C(CCOCC1CCCO1)N1CCN(S(=O)(=O)c2cccnc2)CC1. The van der Waals surface area contributed by atoms with Crippen molar-refractivity contribution >= 4 is 15.9 Å². The molecule has 1 aromatic heterocycles. The predicted molar refractivity (Wildman–Crippen MR) is 94.0 cm³/mol. The molecule has 2 fully saturated rings. The zero-order valence-electron chi connectivity index (χ0n) is 14.7. The number of nitrogens with zero attached hydrogens (tertiary/aromatic N) is 3. The Hall–Kier alpha value is -1.55. The number of pyridine rings is 1. The van der Waals surface area contributed by atoms with Gasteiger partial charge in [-0.3, -0.25) is 9.78 Å². The molecule has 0 N–H and O–H groups in total. The van der Waals surface area contributed by atoms with E-state index >= 15 is 0 Å². The molecule has 0 saturated carbocycles. The van der Waals surface area contributed by atoms with Crippen molar-refractivity contribution < 1.29 is 22.7 Å². The summed E-state index contributed by atoms with van der Waals surface area (Å²) in [6.45, 7) is 3.06. The van der Waals surface area contributed by atoms with Crippen LogP contribution in [0, 0.1) is 0 Å². The highest BCUT2D eigenvalue weighted by Crippen LogP contribution is 2.17. The molecule has 2 aliphatic rings. The molecule has 144 valence electrons. The van der Waals surface area contributed by atoms with Crippen molar-refractivity contribution in [1.29, 1.82) is 0 Å². The molecule has 1 unspecified atom stereocenters. The fourth-order valence-electron chi connectivity index (χ4n) is 3.13. The molecule has 1 amide bonds. The molecule has 1 aromatic rings. The number of ether oxygens (including phenoxy) is 2. The van der Waals surface area contributed by atoms with Gasteiger partial charge >= 0.3 is 0 Å². The second-order valence-electron chi connectivity index (χ2n) is 6.43. The van der Waals surface area contributed by atoms with Crippen LogP contribution in [-0.4, -0.2) is 80.6 Å². The first-order valence-electron chi connectivity index (χ1n) is 8.94. The van der Waals surface area contributed by atoms with E-state index in [4.69, 9.17) is 9.47 Å². The summed E-state index contributed by atoms with van der Waals surface area (Å²) in [6, 6.07) is 3.13. The fraction of sp³-hybridized carbons (Fsp3) is 0.647. The van der Waals surface area contributed by atoms with Crippen LogP contribution in [-0.2, 0) is 24.3 Å². The summed E-state index contributed by atoms with van der Waals surface area (Å²) in [5.41, 5.74) is 0. The minimum Gasteiger partial charge on any atom is -0.378 e. The van der Waals surface area contributed by atoms with Gasteiger partial charge in [0, 0.05) is 45.2 Å². The summed E-state index contributed by atoms with van der Waals surface area (Å²) < 4.78 is 37.5. The molecule has 26 heavy (non-hydrogen) atoms. The number of hydrogen-bond acceptors (Lipinski definition) is 6. The lowest BCUT2D eigenvalue weighted by Gasteiger charge is -2.34. The zero-order chi connectivity index (χ0) is 18.4. The first-order chi connectivity index (χ1) is 12.6. The summed E-state index contributed by atoms with van der Waals surface area (Å²) in [7, 11) is -3.55. The van der Waals surface area contributed by atoms with Crippen molar-refractivity contribution in [3.05, 3.63) is 24.5 Å². The lowest BCUT2D eigenvalue weighted by Crippen LogP contribution is -2.50. The molecule has 1 atom stereocenters. The minimum absolute atomic E-state index is 0.00392. The number of amides is 1. The molecular formula is C17H25N3O5S. The summed E-state index contributed by atoms with van der Waals surface area (Å²) in [4.78, 5) is 18.0. The van der Waals surface area contributed by atoms with E-state index in [0.717, 1.165) is 19.4 Å². The maximum Gasteiger partial charge on any atom is 0.244 e. The third-order valence-corrected chi connectivity index (χ3v) is 6.53. The summed E-state index contributed by atoms with van der Waals surface area (Å²) in [5, 5.41) is 0. The molecule has 9 heteroatoms. The topological polar surface area (TPSA) is 89.0 Å². The van der Waals surface area contributed by atoms with Crippen molar-refractivity contribution in [3.8, 4) is 0 Å². The Balaban J connectivity index is 1.41. The lowest BCUT2D eigenvalue weighted by atomic mass is 10.2. The van der Waals surface area contributed by atoms with Crippen molar-refractivity contribution in [2.24, 2.45) is 0 Å². The third kappa shape index (κ3) is 4.79. The van der Waals surface area contributed by atoms with Gasteiger partial charge in [0.15, 0.2) is 0 Å². The number of rotatable bonds is 7. The van der Waals surface area contributed by atoms with Gasteiger partial charge in [0.1, 0.15) is 4.90 Å². The molecule has 0 bridgehead atoms. The number of sulfonamides is 1. The molecule has 8 nitrogen and oxygen atoms in total. The second kappa shape index (κ2) is 8.90. The first-order valence-corrected chi connectivity index (χ1v) is 10.4. The van der Waals surface area contributed by atoms with Gasteiger partial charge in [-0.15, -0.1) is 0 Å². The van der Waals surface area contributed by atoms with Gasteiger partial charge in [0.25, 0.3) is 0 Å². The average Bonchev–Trinajstić information content (AvgIpc) is 3.19. The van der Waals surface area contributed by atoms with Gasteiger partial charge in [0.2, 0.25) is 15.9 Å². The van der Waals surface area contributed by atoms with Crippen LogP contribution < -0.4 is 0 Å². The quantitative estimate of drug-likeness (QED) is 0.637. The number of aromatic nitrogens is 1.